The summed E-state index contributed by atoms with van der Waals surface area (Å²) in [7, 11) is 0. The lowest BCUT2D eigenvalue weighted by Gasteiger charge is -2.42. The van der Waals surface area contributed by atoms with Crippen LogP contribution in [0.3, 0.4) is 0 Å². The first-order valence-corrected chi connectivity index (χ1v) is 8.14. The van der Waals surface area contributed by atoms with Gasteiger partial charge in [-0.05, 0) is 70.4 Å². The van der Waals surface area contributed by atoms with Crippen LogP contribution < -0.4 is 5.32 Å². The summed E-state index contributed by atoms with van der Waals surface area (Å²) >= 11 is 6.12. The molecule has 0 amide bonds. The molecule has 0 aromatic heterocycles. The van der Waals surface area contributed by atoms with E-state index >= 15 is 0 Å². The van der Waals surface area contributed by atoms with Gasteiger partial charge in [0.15, 0.2) is 0 Å². The average Bonchev–Trinajstić information content (AvgIpc) is 2.93. The van der Waals surface area contributed by atoms with Crippen molar-refractivity contribution < 1.29 is 0 Å². The molecule has 1 heterocycles. The zero-order valence-electron chi connectivity index (χ0n) is 13.0. The van der Waals surface area contributed by atoms with E-state index in [1.807, 2.05) is 12.1 Å². The summed E-state index contributed by atoms with van der Waals surface area (Å²) in [5, 5.41) is 4.51. The van der Waals surface area contributed by atoms with Crippen LogP contribution in [0.25, 0.3) is 0 Å². The number of hydrogen-bond acceptors (Lipinski definition) is 2. The Hall–Kier alpha value is -0.570. The van der Waals surface area contributed by atoms with Gasteiger partial charge in [0, 0.05) is 16.6 Å². The fraction of sp³-hybridized carbons (Fsp3) is 0.647. The molecule has 1 aromatic rings. The Morgan fingerprint density at radius 3 is 2.60 bits per heavy atom. The Morgan fingerprint density at radius 1 is 1.30 bits per heavy atom. The molecule has 112 valence electrons. The smallest absolute Gasteiger partial charge is 0.0408 e. The van der Waals surface area contributed by atoms with Crippen LogP contribution in [0.4, 0.5) is 0 Å². The Morgan fingerprint density at radius 2 is 2.00 bits per heavy atom. The van der Waals surface area contributed by atoms with Crippen molar-refractivity contribution in [2.24, 2.45) is 0 Å². The van der Waals surface area contributed by atoms with E-state index in [9.17, 15) is 0 Å². The molecule has 2 nitrogen and oxygen atoms in total. The fourth-order valence-corrected chi connectivity index (χ4v) is 3.44. The highest BCUT2D eigenvalue weighted by Gasteiger charge is 2.36. The van der Waals surface area contributed by atoms with E-state index < -0.39 is 0 Å². The van der Waals surface area contributed by atoms with Crippen molar-refractivity contribution >= 4 is 11.6 Å². The first-order valence-electron chi connectivity index (χ1n) is 7.77. The van der Waals surface area contributed by atoms with Crippen molar-refractivity contribution in [2.45, 2.75) is 51.6 Å². The fourth-order valence-electron chi connectivity index (χ4n) is 3.23. The number of benzene rings is 1. The van der Waals surface area contributed by atoms with Crippen LogP contribution in [-0.4, -0.2) is 36.1 Å². The largest absolute Gasteiger partial charge is 0.312 e. The Bertz CT molecular complexity index is 425. The van der Waals surface area contributed by atoms with Crippen molar-refractivity contribution in [2.75, 3.05) is 19.6 Å². The monoisotopic (exact) mass is 294 g/mol. The van der Waals surface area contributed by atoms with Gasteiger partial charge in [0.2, 0.25) is 0 Å². The highest BCUT2D eigenvalue weighted by Crippen LogP contribution is 2.26. The van der Waals surface area contributed by atoms with Gasteiger partial charge >= 0.3 is 0 Å². The van der Waals surface area contributed by atoms with Crippen molar-refractivity contribution in [3.05, 3.63) is 34.9 Å². The number of likely N-dealkylation sites (tertiary alicyclic amines) is 1. The first-order chi connectivity index (χ1) is 9.54. The Balaban J connectivity index is 2.13. The molecule has 1 saturated heterocycles. The summed E-state index contributed by atoms with van der Waals surface area (Å²) in [4.78, 5) is 2.63. The van der Waals surface area contributed by atoms with Gasteiger partial charge in [-0.3, -0.25) is 4.90 Å². The summed E-state index contributed by atoms with van der Waals surface area (Å²) < 4.78 is 0. The predicted octanol–water partition coefficient (Wildman–Crippen LogP) is 3.74. The van der Waals surface area contributed by atoms with Gasteiger partial charge in [-0.1, -0.05) is 30.7 Å². The SMILES string of the molecule is CCNC(Cc1cccc(Cl)c1)C(C)(C)N1CCCC1. The molecule has 1 aliphatic rings. The minimum atomic E-state index is 0.175. The average molecular weight is 295 g/mol. The summed E-state index contributed by atoms with van der Waals surface area (Å²) in [6, 6.07) is 8.70. The maximum absolute atomic E-state index is 6.12. The molecule has 1 N–H and O–H groups in total. The topological polar surface area (TPSA) is 15.3 Å². The Kier molecular flexibility index (Phi) is 5.48. The number of likely N-dealkylation sites (N-methyl/N-ethyl adjacent to an activating group) is 1. The number of nitrogens with one attached hydrogen (secondary N) is 1. The van der Waals surface area contributed by atoms with E-state index in [1.165, 1.54) is 31.5 Å². The van der Waals surface area contributed by atoms with Gasteiger partial charge in [-0.15, -0.1) is 0 Å². The zero-order chi connectivity index (χ0) is 14.6. The van der Waals surface area contributed by atoms with Crippen LogP contribution in [0.15, 0.2) is 24.3 Å². The highest BCUT2D eigenvalue weighted by molar-refractivity contribution is 6.30. The molecule has 0 saturated carbocycles. The normalized spacial score (nSPS) is 18.4. The maximum atomic E-state index is 6.12. The lowest BCUT2D eigenvalue weighted by molar-refractivity contribution is 0.107. The third-order valence-electron chi connectivity index (χ3n) is 4.55. The van der Waals surface area contributed by atoms with Crippen LogP contribution in [0.5, 0.6) is 0 Å². The minimum Gasteiger partial charge on any atom is -0.312 e. The van der Waals surface area contributed by atoms with Crippen LogP contribution >= 0.6 is 11.6 Å². The first kappa shape index (κ1) is 15.8. The molecule has 1 fully saturated rings. The van der Waals surface area contributed by atoms with Crippen LogP contribution in [0.1, 0.15) is 39.2 Å². The third-order valence-corrected chi connectivity index (χ3v) is 4.79. The molecule has 1 atom stereocenters. The van der Waals surface area contributed by atoms with Gasteiger partial charge in [0.1, 0.15) is 0 Å². The van der Waals surface area contributed by atoms with Crippen molar-refractivity contribution in [3.8, 4) is 0 Å². The number of halogens is 1. The molecule has 2 rings (SSSR count). The summed E-state index contributed by atoms with van der Waals surface area (Å²) in [5.74, 6) is 0. The lowest BCUT2D eigenvalue weighted by atomic mass is 9.87. The van der Waals surface area contributed by atoms with Gasteiger partial charge in [0.05, 0.1) is 0 Å². The second kappa shape index (κ2) is 6.93. The molecule has 0 aliphatic carbocycles. The second-order valence-corrected chi connectivity index (χ2v) is 6.73. The van der Waals surface area contributed by atoms with Gasteiger partial charge < -0.3 is 5.32 Å². The van der Waals surface area contributed by atoms with Crippen molar-refractivity contribution in [3.63, 3.8) is 0 Å². The molecule has 3 heteroatoms. The molecule has 20 heavy (non-hydrogen) atoms. The second-order valence-electron chi connectivity index (χ2n) is 6.29. The number of rotatable bonds is 6. The van der Waals surface area contributed by atoms with E-state index in [2.05, 4.69) is 43.1 Å². The van der Waals surface area contributed by atoms with E-state index in [4.69, 9.17) is 11.6 Å². The summed E-state index contributed by atoms with van der Waals surface area (Å²) in [6.07, 6.45) is 3.69. The van der Waals surface area contributed by atoms with Crippen LogP contribution in [0.2, 0.25) is 5.02 Å². The molecular formula is C17H27ClN2. The maximum Gasteiger partial charge on any atom is 0.0408 e. The number of nitrogens with zero attached hydrogens (tertiary/aromatic N) is 1. The summed E-state index contributed by atoms with van der Waals surface area (Å²) in [5.41, 5.74) is 1.49. The molecule has 1 unspecified atom stereocenters. The Labute approximate surface area is 128 Å². The molecule has 0 radical (unpaired) electrons. The van der Waals surface area contributed by atoms with Crippen molar-refractivity contribution in [1.82, 2.24) is 10.2 Å². The van der Waals surface area contributed by atoms with E-state index in [1.54, 1.807) is 0 Å². The minimum absolute atomic E-state index is 0.175. The standard InChI is InChI=1S/C17H27ClN2/c1-4-19-16(13-14-8-7-9-15(18)12-14)17(2,3)20-10-5-6-11-20/h7-9,12,16,19H,4-6,10-11,13H2,1-3H3. The van der Waals surface area contributed by atoms with Crippen LogP contribution in [0, 0.1) is 0 Å². The lowest BCUT2D eigenvalue weighted by Crippen LogP contribution is -2.57. The van der Waals surface area contributed by atoms with Gasteiger partial charge in [-0.2, -0.15) is 0 Å². The van der Waals surface area contributed by atoms with Gasteiger partial charge in [0.25, 0.3) is 0 Å². The zero-order valence-corrected chi connectivity index (χ0v) is 13.7. The van der Waals surface area contributed by atoms with Crippen LogP contribution in [-0.2, 0) is 6.42 Å². The van der Waals surface area contributed by atoms with Crippen molar-refractivity contribution in [1.29, 1.82) is 0 Å². The highest BCUT2D eigenvalue weighted by atomic mass is 35.5. The molecular weight excluding hydrogens is 268 g/mol. The third kappa shape index (κ3) is 3.75. The van der Waals surface area contributed by atoms with E-state index in [-0.39, 0.29) is 5.54 Å². The molecule has 1 aliphatic heterocycles. The van der Waals surface area contributed by atoms with Gasteiger partial charge in [-0.25, -0.2) is 0 Å². The van der Waals surface area contributed by atoms with E-state index in [0.717, 1.165) is 18.0 Å². The quantitative estimate of drug-likeness (QED) is 0.860. The van der Waals surface area contributed by atoms with E-state index in [0.29, 0.717) is 6.04 Å². The molecule has 0 bridgehead atoms. The predicted molar refractivity (Wildman–Crippen MR) is 87.5 cm³/mol. The number of hydrogen-bond donors (Lipinski definition) is 1. The molecule has 1 aromatic carbocycles. The summed E-state index contributed by atoms with van der Waals surface area (Å²) in [6.45, 7) is 10.4. The molecule has 0 spiro atoms.